The van der Waals surface area contributed by atoms with E-state index < -0.39 is 12.1 Å². The number of imidazole rings is 1. The van der Waals surface area contributed by atoms with Crippen LogP contribution in [0.15, 0.2) is 25.0 Å². The van der Waals surface area contributed by atoms with Crippen LogP contribution in [-0.4, -0.2) is 69.8 Å². The fraction of sp³-hybridized carbons (Fsp3) is 0.476. The molecule has 0 bridgehead atoms. The molecule has 1 amide bonds. The van der Waals surface area contributed by atoms with Crippen LogP contribution in [-0.2, 0) is 4.79 Å². The Morgan fingerprint density at radius 1 is 1.34 bits per heavy atom. The van der Waals surface area contributed by atoms with Gasteiger partial charge in [-0.25, -0.2) is 9.97 Å². The van der Waals surface area contributed by atoms with Gasteiger partial charge in [0.15, 0.2) is 11.6 Å². The minimum atomic E-state index is -4.87. The van der Waals surface area contributed by atoms with Crippen molar-refractivity contribution in [2.24, 2.45) is 0 Å². The number of aromatic nitrogens is 3. The maximum Gasteiger partial charge on any atom is 0.573 e. The van der Waals surface area contributed by atoms with Crippen LogP contribution in [0.25, 0.3) is 17.0 Å². The highest BCUT2D eigenvalue weighted by Gasteiger charge is 2.33. The van der Waals surface area contributed by atoms with Crippen LogP contribution in [0.3, 0.4) is 0 Å². The molecule has 2 N–H and O–H groups in total. The predicted octanol–water partition coefficient (Wildman–Crippen LogP) is 2.94. The summed E-state index contributed by atoms with van der Waals surface area (Å²) in [4.78, 5) is 24.5. The Hall–Kier alpha value is -3.08. The quantitative estimate of drug-likeness (QED) is 0.698. The van der Waals surface area contributed by atoms with Gasteiger partial charge in [0.2, 0.25) is 5.91 Å². The van der Waals surface area contributed by atoms with E-state index in [1.54, 1.807) is 6.20 Å². The lowest BCUT2D eigenvalue weighted by Gasteiger charge is -2.32. The third kappa shape index (κ3) is 5.04. The van der Waals surface area contributed by atoms with E-state index in [0.717, 1.165) is 30.9 Å². The Bertz CT molecular complexity index is 1030. The van der Waals surface area contributed by atoms with Crippen LogP contribution in [0, 0.1) is 0 Å². The lowest BCUT2D eigenvalue weighted by molar-refractivity contribution is -0.274. The number of rotatable bonds is 7. The number of alkyl halides is 3. The molecule has 2 aromatic heterocycles. The molecule has 172 valence electrons. The van der Waals surface area contributed by atoms with Crippen molar-refractivity contribution in [1.29, 1.82) is 0 Å². The zero-order valence-electron chi connectivity index (χ0n) is 17.7. The van der Waals surface area contributed by atoms with Gasteiger partial charge in [0.1, 0.15) is 5.82 Å². The number of amides is 1. The molecule has 4 rings (SSSR count). The highest BCUT2D eigenvalue weighted by molar-refractivity contribution is 5.79. The number of likely N-dealkylation sites (N-methyl/N-ethyl adjacent to an activating group) is 1. The van der Waals surface area contributed by atoms with Crippen molar-refractivity contribution < 1.29 is 22.7 Å². The first-order chi connectivity index (χ1) is 15.1. The molecule has 3 heterocycles. The highest BCUT2D eigenvalue weighted by atomic mass is 19.4. The van der Waals surface area contributed by atoms with E-state index in [4.69, 9.17) is 5.73 Å². The SMILES string of the molecule is C=C(CCN1CCN(C)CC1=O)n1cc(-c2cnc(N)c(OC(F)(F)F)c2)nc1C1CC1. The molecule has 11 heteroatoms. The van der Waals surface area contributed by atoms with E-state index in [0.29, 0.717) is 37.3 Å². The van der Waals surface area contributed by atoms with Crippen LogP contribution in [0.1, 0.15) is 31.0 Å². The normalized spacial score (nSPS) is 17.6. The number of ether oxygens (including phenoxy) is 1. The van der Waals surface area contributed by atoms with E-state index in [2.05, 4.69) is 21.3 Å². The summed E-state index contributed by atoms with van der Waals surface area (Å²) in [6, 6.07) is 1.19. The summed E-state index contributed by atoms with van der Waals surface area (Å²) in [6.07, 6.45) is 0.779. The number of hydrogen-bond acceptors (Lipinski definition) is 6. The van der Waals surface area contributed by atoms with Crippen LogP contribution in [0.4, 0.5) is 19.0 Å². The second-order valence-corrected chi connectivity index (χ2v) is 8.22. The molecule has 1 saturated carbocycles. The Labute approximate surface area is 183 Å². The summed E-state index contributed by atoms with van der Waals surface area (Å²) in [5, 5.41) is 0. The van der Waals surface area contributed by atoms with Gasteiger partial charge in [-0.2, -0.15) is 0 Å². The number of hydrogen-bond donors (Lipinski definition) is 1. The van der Waals surface area contributed by atoms with Crippen molar-refractivity contribution in [1.82, 2.24) is 24.3 Å². The van der Waals surface area contributed by atoms with Crippen molar-refractivity contribution in [2.75, 3.05) is 39.0 Å². The third-order valence-electron chi connectivity index (χ3n) is 5.60. The molecule has 2 fully saturated rings. The average molecular weight is 450 g/mol. The summed E-state index contributed by atoms with van der Waals surface area (Å²) in [5.74, 6) is 0.257. The van der Waals surface area contributed by atoms with E-state index in [1.165, 1.54) is 12.3 Å². The Morgan fingerprint density at radius 2 is 2.09 bits per heavy atom. The van der Waals surface area contributed by atoms with Gasteiger partial charge in [-0.15, -0.1) is 13.2 Å². The molecule has 2 aromatic rings. The van der Waals surface area contributed by atoms with Crippen LogP contribution < -0.4 is 10.5 Å². The number of halogens is 3. The maximum atomic E-state index is 12.7. The zero-order valence-corrected chi connectivity index (χ0v) is 17.7. The third-order valence-corrected chi connectivity index (χ3v) is 5.60. The lowest BCUT2D eigenvalue weighted by Crippen LogP contribution is -2.49. The summed E-state index contributed by atoms with van der Waals surface area (Å²) in [7, 11) is 1.92. The van der Waals surface area contributed by atoms with Crippen LogP contribution >= 0.6 is 0 Å². The molecule has 2 aliphatic rings. The molecule has 1 aliphatic carbocycles. The molecule has 0 radical (unpaired) electrons. The summed E-state index contributed by atoms with van der Waals surface area (Å²) in [6.45, 7) is 6.63. The van der Waals surface area contributed by atoms with Crippen LogP contribution in [0.2, 0.25) is 0 Å². The summed E-state index contributed by atoms with van der Waals surface area (Å²) >= 11 is 0. The number of nitrogen functional groups attached to an aromatic ring is 1. The first-order valence-electron chi connectivity index (χ1n) is 10.4. The fourth-order valence-corrected chi connectivity index (χ4v) is 3.67. The van der Waals surface area contributed by atoms with E-state index >= 15 is 0 Å². The lowest BCUT2D eigenvalue weighted by atomic mass is 10.2. The molecule has 0 atom stereocenters. The van der Waals surface area contributed by atoms with E-state index in [1.807, 2.05) is 21.4 Å². The second-order valence-electron chi connectivity index (χ2n) is 8.22. The van der Waals surface area contributed by atoms with Gasteiger partial charge >= 0.3 is 6.36 Å². The van der Waals surface area contributed by atoms with Crippen molar-refractivity contribution >= 4 is 17.4 Å². The number of carbonyl (C=O) groups is 1. The molecule has 8 nitrogen and oxygen atoms in total. The van der Waals surface area contributed by atoms with Gasteiger partial charge in [-0.1, -0.05) is 6.58 Å². The minimum Gasteiger partial charge on any atom is -0.402 e. The van der Waals surface area contributed by atoms with E-state index in [9.17, 15) is 18.0 Å². The molecule has 1 saturated heterocycles. The van der Waals surface area contributed by atoms with Crippen molar-refractivity contribution in [2.45, 2.75) is 31.5 Å². The number of nitrogens with two attached hydrogens (primary N) is 1. The van der Waals surface area contributed by atoms with Gasteiger partial charge in [0.25, 0.3) is 0 Å². The highest BCUT2D eigenvalue weighted by Crippen LogP contribution is 2.42. The summed E-state index contributed by atoms with van der Waals surface area (Å²) in [5.41, 5.74) is 7.13. The molecule has 0 unspecified atom stereocenters. The van der Waals surface area contributed by atoms with Gasteiger partial charge in [0, 0.05) is 55.6 Å². The molecule has 0 aromatic carbocycles. The van der Waals surface area contributed by atoms with Crippen LogP contribution in [0.5, 0.6) is 5.75 Å². The standard InChI is InChI=1S/C21H25F3N6O2/c1-13(5-6-29-8-7-28(2)12-18(29)31)30-11-16(27-20(30)14-3-4-14)15-9-17(19(25)26-10-15)32-21(22,23)24/h9-11,14H,1,3-8,12H2,2H3,(H2,25,26). The fourth-order valence-electron chi connectivity index (χ4n) is 3.67. The van der Waals surface area contributed by atoms with Gasteiger partial charge in [0.05, 0.1) is 12.2 Å². The van der Waals surface area contributed by atoms with Gasteiger partial charge in [-0.3, -0.25) is 9.69 Å². The smallest absolute Gasteiger partial charge is 0.402 e. The first-order valence-corrected chi connectivity index (χ1v) is 10.4. The number of nitrogens with zero attached hydrogens (tertiary/aromatic N) is 5. The number of anilines is 1. The Kier molecular flexibility index (Phi) is 5.85. The average Bonchev–Trinajstić information content (AvgIpc) is 3.46. The number of carbonyl (C=O) groups excluding carboxylic acids is 1. The topological polar surface area (TPSA) is 89.5 Å². The number of piperazine rings is 1. The van der Waals surface area contributed by atoms with E-state index in [-0.39, 0.29) is 17.6 Å². The Balaban J connectivity index is 1.54. The molecular formula is C21H25F3N6O2. The second kappa shape index (κ2) is 8.45. The Morgan fingerprint density at radius 3 is 2.75 bits per heavy atom. The first kappa shape index (κ1) is 22.1. The molecule has 32 heavy (non-hydrogen) atoms. The van der Waals surface area contributed by atoms with Gasteiger partial charge < -0.3 is 19.9 Å². The summed E-state index contributed by atoms with van der Waals surface area (Å²) < 4.78 is 43.9. The maximum absolute atomic E-state index is 12.7. The molecule has 1 aliphatic heterocycles. The monoisotopic (exact) mass is 450 g/mol. The van der Waals surface area contributed by atoms with Crippen molar-refractivity contribution in [3.63, 3.8) is 0 Å². The largest absolute Gasteiger partial charge is 0.573 e. The predicted molar refractivity (Wildman–Crippen MR) is 113 cm³/mol. The van der Waals surface area contributed by atoms with Crippen molar-refractivity contribution in [3.8, 4) is 17.0 Å². The van der Waals surface area contributed by atoms with Crippen molar-refractivity contribution in [3.05, 3.63) is 30.9 Å². The molecular weight excluding hydrogens is 425 g/mol. The number of pyridine rings is 1. The van der Waals surface area contributed by atoms with Gasteiger partial charge in [-0.05, 0) is 26.0 Å². The minimum absolute atomic E-state index is 0.0884. The molecule has 0 spiro atoms. The zero-order chi connectivity index (χ0) is 23.0.